The number of hydrogen-bond acceptors (Lipinski definition) is 4. The van der Waals surface area contributed by atoms with Crippen LogP contribution in [0.25, 0.3) is 0 Å². The highest BCUT2D eigenvalue weighted by molar-refractivity contribution is 5.79. The van der Waals surface area contributed by atoms with Gasteiger partial charge >= 0.3 is 0 Å². The van der Waals surface area contributed by atoms with Crippen molar-refractivity contribution in [1.82, 2.24) is 0 Å². The Kier molecular flexibility index (Phi) is 5.42. The zero-order valence-corrected chi connectivity index (χ0v) is 7.11. The Balaban J connectivity index is 0.000000261. The fourth-order valence-electron chi connectivity index (χ4n) is 0.484. The minimum Gasteiger partial charge on any atom is -0.448 e. The van der Waals surface area contributed by atoms with Crippen molar-refractivity contribution < 1.29 is 14.4 Å². The molecule has 0 aliphatic carbocycles. The molecule has 0 radical (unpaired) electrons. The molecule has 0 saturated carbocycles. The molecule has 0 unspecified atom stereocenters. The topological polar surface area (TPSA) is 73.9 Å². The number of ether oxygens (including phenoxy) is 1. The summed E-state index contributed by atoms with van der Waals surface area (Å²) >= 11 is 0. The van der Waals surface area contributed by atoms with Crippen LogP contribution in [0.4, 0.5) is 0 Å². The molecule has 5 nitrogen and oxygen atoms in total. The van der Waals surface area contributed by atoms with Gasteiger partial charge in [0.2, 0.25) is 11.8 Å². The molecule has 0 spiro atoms. The first-order chi connectivity index (χ1) is 5.66. The van der Waals surface area contributed by atoms with E-state index < -0.39 is 0 Å². The Morgan fingerprint density at radius 1 is 1.83 bits per heavy atom. The molecule has 1 rings (SSSR count). The highest BCUT2D eigenvalue weighted by Gasteiger charge is 2.01. The summed E-state index contributed by atoms with van der Waals surface area (Å²) in [7, 11) is 1.49. The van der Waals surface area contributed by atoms with Gasteiger partial charge in [0.05, 0.1) is 6.26 Å². The number of carbonyl (C=O) groups excluding carboxylic acids is 1. The second-order valence-corrected chi connectivity index (χ2v) is 1.97. The van der Waals surface area contributed by atoms with Gasteiger partial charge in [-0.1, -0.05) is 5.16 Å². The van der Waals surface area contributed by atoms with Crippen LogP contribution in [0.5, 0.6) is 0 Å². The van der Waals surface area contributed by atoms with Gasteiger partial charge in [0.1, 0.15) is 7.11 Å². The monoisotopic (exact) mass is 172 g/mol. The van der Waals surface area contributed by atoms with E-state index in [0.717, 1.165) is 6.42 Å². The number of nitrogens with zero attached hydrogens (tertiary/aromatic N) is 1. The summed E-state index contributed by atoms with van der Waals surface area (Å²) in [5.74, 6) is 0.285. The summed E-state index contributed by atoms with van der Waals surface area (Å²) in [6, 6.07) is 0. The average Bonchev–Trinajstić information content (AvgIpc) is 2.39. The number of oxime groups is 1. The van der Waals surface area contributed by atoms with Crippen LogP contribution in [-0.4, -0.2) is 18.9 Å². The van der Waals surface area contributed by atoms with Crippen molar-refractivity contribution in [3.05, 3.63) is 12.3 Å². The van der Waals surface area contributed by atoms with Crippen molar-refractivity contribution in [2.45, 2.75) is 13.3 Å². The first kappa shape index (κ1) is 10.5. The maximum absolute atomic E-state index is 9.22. The van der Waals surface area contributed by atoms with Gasteiger partial charge in [0.15, 0.2) is 0 Å². The summed E-state index contributed by atoms with van der Waals surface area (Å²) < 4.78 is 4.84. The lowest BCUT2D eigenvalue weighted by Crippen LogP contribution is -2.01. The molecule has 0 aromatic heterocycles. The Bertz CT molecular complexity index is 185. The third kappa shape index (κ3) is 6.60. The molecule has 1 aliphatic heterocycles. The summed E-state index contributed by atoms with van der Waals surface area (Å²) in [5, 5.41) is 3.56. The Morgan fingerprint density at radius 3 is 2.75 bits per heavy atom. The summed E-state index contributed by atoms with van der Waals surface area (Å²) in [6.45, 7) is 1.31. The van der Waals surface area contributed by atoms with E-state index in [1.807, 2.05) is 6.08 Å². The number of hydrogen-bond donors (Lipinski definition) is 1. The fourth-order valence-corrected chi connectivity index (χ4v) is 0.484. The van der Waals surface area contributed by atoms with Crippen molar-refractivity contribution in [2.24, 2.45) is 10.9 Å². The summed E-state index contributed by atoms with van der Waals surface area (Å²) in [6.07, 6.45) is 4.21. The van der Waals surface area contributed by atoms with Crippen LogP contribution in [0.15, 0.2) is 17.5 Å². The highest BCUT2D eigenvalue weighted by atomic mass is 16.6. The lowest BCUT2D eigenvalue weighted by molar-refractivity contribution is -0.115. The van der Waals surface area contributed by atoms with Crippen LogP contribution >= 0.6 is 0 Å². The number of amides is 1. The Labute approximate surface area is 70.8 Å². The first-order valence-corrected chi connectivity index (χ1v) is 3.34. The molecule has 0 fully saturated rings. The van der Waals surface area contributed by atoms with Gasteiger partial charge < -0.3 is 15.3 Å². The zero-order chi connectivity index (χ0) is 9.40. The minimum absolute atomic E-state index is 0.333. The Hall–Kier alpha value is -1.52. The molecule has 12 heavy (non-hydrogen) atoms. The third-order valence-corrected chi connectivity index (χ3v) is 0.786. The molecule has 0 atom stereocenters. The van der Waals surface area contributed by atoms with Crippen LogP contribution in [0.1, 0.15) is 13.3 Å². The van der Waals surface area contributed by atoms with Gasteiger partial charge in [-0.15, -0.1) is 0 Å². The number of primary amides is 1. The van der Waals surface area contributed by atoms with Gasteiger partial charge in [-0.3, -0.25) is 4.79 Å². The van der Waals surface area contributed by atoms with Crippen LogP contribution in [0.2, 0.25) is 0 Å². The molecule has 0 aromatic rings. The molecule has 1 aliphatic rings. The smallest absolute Gasteiger partial charge is 0.234 e. The second kappa shape index (κ2) is 6.21. The van der Waals surface area contributed by atoms with Gasteiger partial charge in [-0.25, -0.2) is 0 Å². The largest absolute Gasteiger partial charge is 0.448 e. The van der Waals surface area contributed by atoms with Gasteiger partial charge in [0.25, 0.3) is 0 Å². The lowest BCUT2D eigenvalue weighted by Gasteiger charge is -1.91. The first-order valence-electron chi connectivity index (χ1n) is 3.34. The molecular formula is C7H12N2O3. The van der Waals surface area contributed by atoms with Gasteiger partial charge in [-0.2, -0.15) is 0 Å². The predicted octanol–water partition coefficient (Wildman–Crippen LogP) is 0.372. The normalized spacial score (nSPS) is 16.3. The molecular weight excluding hydrogens is 160 g/mol. The maximum Gasteiger partial charge on any atom is 0.234 e. The van der Waals surface area contributed by atoms with Crippen LogP contribution in [0.3, 0.4) is 0 Å². The Morgan fingerprint density at radius 2 is 2.42 bits per heavy atom. The SMILES string of the molecule is CC(N)=O.CON=C1CC=CO1. The molecule has 5 heteroatoms. The second-order valence-electron chi connectivity index (χ2n) is 1.97. The van der Waals surface area contributed by atoms with E-state index in [4.69, 9.17) is 4.74 Å². The van der Waals surface area contributed by atoms with Crippen molar-refractivity contribution in [2.75, 3.05) is 7.11 Å². The fraction of sp³-hybridized carbons (Fsp3) is 0.429. The molecule has 0 aromatic carbocycles. The van der Waals surface area contributed by atoms with E-state index in [2.05, 4.69) is 15.7 Å². The third-order valence-electron chi connectivity index (χ3n) is 0.786. The standard InChI is InChI=1S/C5H7NO2.C2H5NO/c1-7-6-5-3-2-4-8-5;1-2(3)4/h2,4H,3H2,1H3;1H3,(H2,3,4). The predicted molar refractivity (Wildman–Crippen MR) is 44.2 cm³/mol. The number of rotatable bonds is 1. The maximum atomic E-state index is 9.22. The minimum atomic E-state index is -0.333. The van der Waals surface area contributed by atoms with Crippen molar-refractivity contribution in [3.8, 4) is 0 Å². The van der Waals surface area contributed by atoms with Crippen LogP contribution in [0, 0.1) is 0 Å². The van der Waals surface area contributed by atoms with E-state index in [-0.39, 0.29) is 5.91 Å². The van der Waals surface area contributed by atoms with E-state index in [0.29, 0.717) is 5.90 Å². The average molecular weight is 172 g/mol. The molecule has 0 bridgehead atoms. The summed E-state index contributed by atoms with van der Waals surface area (Å²) in [5.41, 5.74) is 4.47. The van der Waals surface area contributed by atoms with Crippen LogP contribution in [-0.2, 0) is 14.4 Å². The number of nitrogens with two attached hydrogens (primary N) is 1. The van der Waals surface area contributed by atoms with E-state index in [9.17, 15) is 4.79 Å². The number of carbonyl (C=O) groups is 1. The van der Waals surface area contributed by atoms with Crippen molar-refractivity contribution in [3.63, 3.8) is 0 Å². The highest BCUT2D eigenvalue weighted by Crippen LogP contribution is 2.00. The zero-order valence-electron chi connectivity index (χ0n) is 7.11. The van der Waals surface area contributed by atoms with E-state index in [1.54, 1.807) is 6.26 Å². The molecule has 1 amide bonds. The quantitative estimate of drug-likeness (QED) is 0.581. The molecule has 0 saturated heterocycles. The summed E-state index contributed by atoms with van der Waals surface area (Å²) in [4.78, 5) is 13.7. The van der Waals surface area contributed by atoms with Crippen LogP contribution < -0.4 is 5.73 Å². The van der Waals surface area contributed by atoms with E-state index in [1.165, 1.54) is 14.0 Å². The molecule has 2 N–H and O–H groups in total. The van der Waals surface area contributed by atoms with Crippen molar-refractivity contribution >= 4 is 11.8 Å². The molecule has 68 valence electrons. The van der Waals surface area contributed by atoms with Gasteiger partial charge in [0, 0.05) is 13.3 Å². The van der Waals surface area contributed by atoms with E-state index >= 15 is 0 Å². The molecule has 1 heterocycles. The van der Waals surface area contributed by atoms with Gasteiger partial charge in [-0.05, 0) is 6.08 Å². The lowest BCUT2D eigenvalue weighted by atomic mass is 10.5. The van der Waals surface area contributed by atoms with Crippen molar-refractivity contribution in [1.29, 1.82) is 0 Å².